The number of fused-ring (bicyclic) bond motifs is 7. The predicted molar refractivity (Wildman–Crippen MR) is 173 cm³/mol. The number of allylic oxidation sites excluding steroid dienone is 2. The number of methoxy groups -OCH3 is 2. The summed E-state index contributed by atoms with van der Waals surface area (Å²) in [6, 6.07) is 6.02. The van der Waals surface area contributed by atoms with E-state index in [9.17, 15) is 4.79 Å². The first-order valence-corrected chi connectivity index (χ1v) is 16.8. The average molecular weight is 573 g/mol. The fourth-order valence-electron chi connectivity index (χ4n) is 12.6. The highest BCUT2D eigenvalue weighted by molar-refractivity contribution is 6.04. The second-order valence-corrected chi connectivity index (χ2v) is 16.9. The molecule has 6 rings (SSSR count). The normalized spacial score (nSPS) is 44.9. The van der Waals surface area contributed by atoms with Crippen molar-refractivity contribution in [2.75, 3.05) is 14.2 Å². The molecule has 0 N–H and O–H groups in total. The average Bonchev–Trinajstić information content (AvgIpc) is 3.29. The van der Waals surface area contributed by atoms with Gasteiger partial charge in [0, 0.05) is 5.41 Å². The quantitative estimate of drug-likeness (QED) is 0.266. The van der Waals surface area contributed by atoms with Gasteiger partial charge in [-0.05, 0) is 145 Å². The zero-order chi connectivity index (χ0) is 30.5. The van der Waals surface area contributed by atoms with Crippen LogP contribution in [0.15, 0.2) is 35.9 Å². The van der Waals surface area contributed by atoms with E-state index in [1.54, 1.807) is 14.2 Å². The molecule has 0 spiro atoms. The topological polar surface area (TPSA) is 35.5 Å². The monoisotopic (exact) mass is 572 g/mol. The van der Waals surface area contributed by atoms with Crippen molar-refractivity contribution in [1.29, 1.82) is 0 Å². The van der Waals surface area contributed by atoms with Gasteiger partial charge in [-0.1, -0.05) is 59.8 Å². The summed E-state index contributed by atoms with van der Waals surface area (Å²) >= 11 is 0. The van der Waals surface area contributed by atoms with Gasteiger partial charge < -0.3 is 9.47 Å². The van der Waals surface area contributed by atoms with Crippen LogP contribution < -0.4 is 9.47 Å². The van der Waals surface area contributed by atoms with Crippen LogP contribution in [0.4, 0.5) is 0 Å². The van der Waals surface area contributed by atoms with E-state index in [1.807, 2.05) is 12.1 Å². The number of hydrogen-bond donors (Lipinski definition) is 0. The molecule has 5 aliphatic rings. The van der Waals surface area contributed by atoms with Crippen molar-refractivity contribution in [2.24, 2.45) is 56.7 Å². The van der Waals surface area contributed by atoms with E-state index >= 15 is 0 Å². The molecular weight excluding hydrogens is 516 g/mol. The van der Waals surface area contributed by atoms with Gasteiger partial charge in [0.15, 0.2) is 17.3 Å². The summed E-state index contributed by atoms with van der Waals surface area (Å²) in [6.45, 7) is 21.9. The van der Waals surface area contributed by atoms with Crippen LogP contribution in [0.5, 0.6) is 11.5 Å². The molecule has 5 fully saturated rings. The maximum atomic E-state index is 14.2. The maximum Gasteiger partial charge on any atom is 0.164 e. The van der Waals surface area contributed by atoms with E-state index in [0.29, 0.717) is 40.1 Å². The van der Waals surface area contributed by atoms with E-state index in [2.05, 4.69) is 67.2 Å². The van der Waals surface area contributed by atoms with Gasteiger partial charge in [-0.25, -0.2) is 0 Å². The van der Waals surface area contributed by atoms with Crippen LogP contribution in [0.3, 0.4) is 0 Å². The lowest BCUT2D eigenvalue weighted by Crippen LogP contribution is -2.66. The van der Waals surface area contributed by atoms with Crippen molar-refractivity contribution < 1.29 is 14.3 Å². The van der Waals surface area contributed by atoms with E-state index < -0.39 is 0 Å². The number of ketones is 1. The van der Waals surface area contributed by atoms with Crippen molar-refractivity contribution in [3.8, 4) is 11.5 Å². The van der Waals surface area contributed by atoms with Crippen LogP contribution in [-0.2, 0) is 4.79 Å². The molecule has 0 aliphatic heterocycles. The Kier molecular flexibility index (Phi) is 6.96. The lowest BCUT2D eigenvalue weighted by Gasteiger charge is -2.72. The minimum Gasteiger partial charge on any atom is -0.493 e. The molecule has 0 heterocycles. The second kappa shape index (κ2) is 9.73. The molecule has 0 bridgehead atoms. The highest BCUT2D eigenvalue weighted by Gasteiger charge is 2.70. The van der Waals surface area contributed by atoms with Gasteiger partial charge in [-0.3, -0.25) is 4.79 Å². The summed E-state index contributed by atoms with van der Waals surface area (Å²) in [4.78, 5) is 14.2. The van der Waals surface area contributed by atoms with Gasteiger partial charge in [0.05, 0.1) is 14.2 Å². The Morgan fingerprint density at radius 3 is 2.24 bits per heavy atom. The fourth-order valence-corrected chi connectivity index (χ4v) is 12.6. The van der Waals surface area contributed by atoms with Crippen molar-refractivity contribution in [1.82, 2.24) is 0 Å². The zero-order valence-corrected chi connectivity index (χ0v) is 28.0. The first kappa shape index (κ1) is 30.0. The minimum absolute atomic E-state index is 0.102. The zero-order valence-electron chi connectivity index (χ0n) is 28.0. The molecular formula is C39H56O3. The Morgan fingerprint density at radius 1 is 0.857 bits per heavy atom. The van der Waals surface area contributed by atoms with Gasteiger partial charge in [-0.2, -0.15) is 0 Å². The molecule has 42 heavy (non-hydrogen) atoms. The first-order chi connectivity index (χ1) is 19.7. The summed E-state index contributed by atoms with van der Waals surface area (Å²) < 4.78 is 11.1. The third-order valence-electron chi connectivity index (χ3n) is 14.8. The lowest BCUT2D eigenvalue weighted by atomic mass is 9.32. The van der Waals surface area contributed by atoms with E-state index in [0.717, 1.165) is 35.1 Å². The molecule has 3 nitrogen and oxygen atoms in total. The molecule has 1 aromatic rings. The molecule has 0 aromatic heterocycles. The number of benzene rings is 1. The van der Waals surface area contributed by atoms with Gasteiger partial charge in [-0.15, -0.1) is 0 Å². The standard InChI is InChI=1S/C39H56O3/c1-24(2)27-15-17-36(5)19-20-38(7)28(33(27)36)12-14-32-37(6)23-26(21-25-11-13-29(41-9)30(22-25)42-10)34(40)35(3,4)31(37)16-18-39(32,38)8/h11,13,21-22,27-28,31-33H,1,12,14-20,23H2,2-10H3/b26-21-/t27-,28+,31-,32+,33+,36+,37-,38+,39+/m0/s1. The van der Waals surface area contributed by atoms with Gasteiger partial charge in [0.1, 0.15) is 0 Å². The number of rotatable bonds is 4. The smallest absolute Gasteiger partial charge is 0.164 e. The van der Waals surface area contributed by atoms with Crippen LogP contribution >= 0.6 is 0 Å². The Hall–Kier alpha value is -2.03. The predicted octanol–water partition coefficient (Wildman–Crippen LogP) is 9.94. The largest absolute Gasteiger partial charge is 0.493 e. The van der Waals surface area contributed by atoms with Crippen LogP contribution in [0.25, 0.3) is 6.08 Å². The molecule has 0 unspecified atom stereocenters. The summed E-state index contributed by atoms with van der Waals surface area (Å²) in [5, 5.41) is 0. The van der Waals surface area contributed by atoms with Crippen LogP contribution in [-0.4, -0.2) is 20.0 Å². The minimum atomic E-state index is -0.365. The number of carbonyl (C=O) groups excluding carboxylic acids is 1. The molecule has 0 radical (unpaired) electrons. The van der Waals surface area contributed by atoms with E-state index in [1.165, 1.54) is 56.9 Å². The van der Waals surface area contributed by atoms with Crippen molar-refractivity contribution in [3.63, 3.8) is 0 Å². The Balaban J connectivity index is 1.39. The maximum absolute atomic E-state index is 14.2. The SMILES string of the molecule is C=C(C)[C@@H]1CC[C@]2(C)CC[C@]3(C)[C@H](CC[C@@H]4[C@@]5(C)C/C(=C/c6ccc(OC)c(OC)c6)C(=O)C(C)(C)[C@@H]5CC[C@]43C)[C@@H]12. The third-order valence-corrected chi connectivity index (χ3v) is 14.8. The Bertz CT molecular complexity index is 1320. The van der Waals surface area contributed by atoms with Crippen molar-refractivity contribution >= 4 is 11.9 Å². The second-order valence-electron chi connectivity index (χ2n) is 16.9. The molecule has 0 saturated heterocycles. The van der Waals surface area contributed by atoms with Gasteiger partial charge >= 0.3 is 0 Å². The molecule has 3 heteroatoms. The molecule has 5 saturated carbocycles. The summed E-state index contributed by atoms with van der Waals surface area (Å²) in [7, 11) is 3.34. The summed E-state index contributed by atoms with van der Waals surface area (Å²) in [5.41, 5.74) is 4.28. The molecule has 5 aliphatic carbocycles. The number of hydrogen-bond acceptors (Lipinski definition) is 3. The van der Waals surface area contributed by atoms with E-state index in [4.69, 9.17) is 9.47 Å². The first-order valence-electron chi connectivity index (χ1n) is 16.8. The van der Waals surface area contributed by atoms with Crippen LogP contribution in [0.2, 0.25) is 0 Å². The third kappa shape index (κ3) is 3.93. The number of Topliss-reactive ketones (excluding diaryl/α,β-unsaturated/α-hetero) is 1. The highest BCUT2D eigenvalue weighted by Crippen LogP contribution is 2.77. The van der Waals surface area contributed by atoms with Crippen LogP contribution in [0.1, 0.15) is 112 Å². The Labute approximate surface area is 255 Å². The van der Waals surface area contributed by atoms with Gasteiger partial charge in [0.2, 0.25) is 0 Å². The Morgan fingerprint density at radius 2 is 1.57 bits per heavy atom. The molecule has 1 aromatic carbocycles. The number of carbonyl (C=O) groups is 1. The summed E-state index contributed by atoms with van der Waals surface area (Å²) in [5.74, 6) is 5.06. The lowest BCUT2D eigenvalue weighted by molar-refractivity contribution is -0.228. The fraction of sp³-hybridized carbons (Fsp3) is 0.718. The van der Waals surface area contributed by atoms with Crippen LogP contribution in [0, 0.1) is 56.7 Å². The number of ether oxygens (including phenoxy) is 2. The highest BCUT2D eigenvalue weighted by atomic mass is 16.5. The molecule has 0 amide bonds. The summed E-state index contributed by atoms with van der Waals surface area (Å²) in [6.07, 6.45) is 13.5. The van der Waals surface area contributed by atoms with E-state index in [-0.39, 0.29) is 16.2 Å². The molecule has 9 atom stereocenters. The van der Waals surface area contributed by atoms with Crippen molar-refractivity contribution in [3.05, 3.63) is 41.5 Å². The van der Waals surface area contributed by atoms with Gasteiger partial charge in [0.25, 0.3) is 0 Å². The van der Waals surface area contributed by atoms with Crippen molar-refractivity contribution in [2.45, 2.75) is 106 Å². The molecule has 230 valence electrons.